The molecule has 0 fully saturated rings. The Labute approximate surface area is 113 Å². The molecule has 0 atom stereocenters. The smallest absolute Gasteiger partial charge is 0.211 e. The van der Waals surface area contributed by atoms with Gasteiger partial charge < -0.3 is 0 Å². The number of pyridine rings is 1. The molecule has 1 heterocycles. The van der Waals surface area contributed by atoms with Crippen molar-refractivity contribution in [1.82, 2.24) is 9.71 Å². The number of nitrogens with zero attached hydrogens (tertiary/aromatic N) is 1. The number of fused-ring (bicyclic) bond motifs is 1. The van der Waals surface area contributed by atoms with E-state index in [1.807, 2.05) is 37.3 Å². The summed E-state index contributed by atoms with van der Waals surface area (Å²) in [5, 5.41) is 0.989. The van der Waals surface area contributed by atoms with Crippen LogP contribution in [0.3, 0.4) is 0 Å². The fraction of sp³-hybridized carbons (Fsp3) is 0.357. The van der Waals surface area contributed by atoms with Gasteiger partial charge in [0.1, 0.15) is 0 Å². The fourth-order valence-electron chi connectivity index (χ4n) is 1.90. The van der Waals surface area contributed by atoms with Crippen molar-refractivity contribution < 1.29 is 8.42 Å². The lowest BCUT2D eigenvalue weighted by Gasteiger charge is -2.08. The van der Waals surface area contributed by atoms with Gasteiger partial charge in [-0.2, -0.15) is 0 Å². The van der Waals surface area contributed by atoms with Crippen molar-refractivity contribution in [1.29, 1.82) is 0 Å². The van der Waals surface area contributed by atoms with Gasteiger partial charge in [0.25, 0.3) is 0 Å². The predicted molar refractivity (Wildman–Crippen MR) is 77.3 cm³/mol. The molecule has 2 rings (SSSR count). The molecule has 0 unspecified atom stereocenters. The van der Waals surface area contributed by atoms with Crippen LogP contribution in [-0.4, -0.2) is 19.2 Å². The van der Waals surface area contributed by atoms with E-state index >= 15 is 0 Å². The van der Waals surface area contributed by atoms with Crippen LogP contribution in [0, 0.1) is 0 Å². The first-order valence-electron chi connectivity index (χ1n) is 6.42. The van der Waals surface area contributed by atoms with Crippen molar-refractivity contribution >= 4 is 20.9 Å². The standard InChI is InChI=1S/C14H18N2O2S/c1-2-3-10-19(17,18)16-11-12-8-9-15-14-7-5-4-6-13(12)14/h4-9,16H,2-3,10-11H2,1H3. The van der Waals surface area contributed by atoms with Crippen LogP contribution in [0.5, 0.6) is 0 Å². The normalized spacial score (nSPS) is 11.8. The maximum Gasteiger partial charge on any atom is 0.211 e. The summed E-state index contributed by atoms with van der Waals surface area (Å²) in [5.74, 6) is 0.187. The second kappa shape index (κ2) is 6.12. The molecule has 4 nitrogen and oxygen atoms in total. The average molecular weight is 278 g/mol. The summed E-state index contributed by atoms with van der Waals surface area (Å²) in [7, 11) is -3.18. The average Bonchev–Trinajstić information content (AvgIpc) is 2.43. The minimum absolute atomic E-state index is 0.187. The molecule has 0 aliphatic rings. The number of aromatic nitrogens is 1. The summed E-state index contributed by atoms with van der Waals surface area (Å²) in [6.07, 6.45) is 3.27. The third kappa shape index (κ3) is 3.75. The Morgan fingerprint density at radius 2 is 2.00 bits per heavy atom. The monoisotopic (exact) mass is 278 g/mol. The van der Waals surface area contributed by atoms with Crippen LogP contribution < -0.4 is 4.72 Å². The van der Waals surface area contributed by atoms with Gasteiger partial charge in [-0.3, -0.25) is 4.98 Å². The molecule has 2 aromatic rings. The van der Waals surface area contributed by atoms with Gasteiger partial charge in [-0.25, -0.2) is 13.1 Å². The molecule has 1 aromatic carbocycles. The number of benzene rings is 1. The third-order valence-corrected chi connectivity index (χ3v) is 4.40. The second-order valence-corrected chi connectivity index (χ2v) is 6.41. The van der Waals surface area contributed by atoms with Gasteiger partial charge in [-0.15, -0.1) is 0 Å². The molecule has 19 heavy (non-hydrogen) atoms. The second-order valence-electron chi connectivity index (χ2n) is 4.48. The zero-order chi connectivity index (χ0) is 13.7. The third-order valence-electron chi connectivity index (χ3n) is 2.99. The number of sulfonamides is 1. The van der Waals surface area contributed by atoms with Crippen LogP contribution >= 0.6 is 0 Å². The van der Waals surface area contributed by atoms with E-state index in [2.05, 4.69) is 9.71 Å². The van der Waals surface area contributed by atoms with E-state index < -0.39 is 10.0 Å². The van der Waals surface area contributed by atoms with Gasteiger partial charge in [-0.1, -0.05) is 31.5 Å². The van der Waals surface area contributed by atoms with Gasteiger partial charge in [0.15, 0.2) is 0 Å². The first kappa shape index (κ1) is 14.0. The van der Waals surface area contributed by atoms with Crippen molar-refractivity contribution in [3.05, 3.63) is 42.1 Å². The number of unbranched alkanes of at least 4 members (excludes halogenated alkanes) is 1. The molecule has 0 aliphatic carbocycles. The summed E-state index contributed by atoms with van der Waals surface area (Å²) in [6.45, 7) is 2.29. The largest absolute Gasteiger partial charge is 0.256 e. The first-order chi connectivity index (χ1) is 9.12. The Morgan fingerprint density at radius 1 is 1.21 bits per heavy atom. The van der Waals surface area contributed by atoms with E-state index in [0.29, 0.717) is 13.0 Å². The van der Waals surface area contributed by atoms with Crippen molar-refractivity contribution in [2.24, 2.45) is 0 Å². The van der Waals surface area contributed by atoms with Crippen LogP contribution in [0.15, 0.2) is 36.5 Å². The molecular weight excluding hydrogens is 260 g/mol. The molecule has 0 spiro atoms. The summed E-state index contributed by atoms with van der Waals surface area (Å²) in [4.78, 5) is 4.26. The first-order valence-corrected chi connectivity index (χ1v) is 8.07. The molecule has 0 aliphatic heterocycles. The Balaban J connectivity index is 2.14. The van der Waals surface area contributed by atoms with Crippen molar-refractivity contribution in [2.75, 3.05) is 5.75 Å². The molecule has 1 N–H and O–H groups in total. The van der Waals surface area contributed by atoms with Crippen LogP contribution in [0.4, 0.5) is 0 Å². The Hall–Kier alpha value is -1.46. The van der Waals surface area contributed by atoms with E-state index in [4.69, 9.17) is 0 Å². The quantitative estimate of drug-likeness (QED) is 0.883. The molecule has 0 radical (unpaired) electrons. The van der Waals surface area contributed by atoms with E-state index in [-0.39, 0.29) is 5.75 Å². The highest BCUT2D eigenvalue weighted by molar-refractivity contribution is 7.89. The van der Waals surface area contributed by atoms with Gasteiger partial charge >= 0.3 is 0 Å². The number of hydrogen-bond acceptors (Lipinski definition) is 3. The molecule has 5 heteroatoms. The summed E-state index contributed by atoms with van der Waals surface area (Å²) < 4.78 is 26.2. The fourth-order valence-corrected chi connectivity index (χ4v) is 3.09. The van der Waals surface area contributed by atoms with Crippen LogP contribution in [0.2, 0.25) is 0 Å². The summed E-state index contributed by atoms with van der Waals surface area (Å²) >= 11 is 0. The lowest BCUT2D eigenvalue weighted by molar-refractivity contribution is 0.578. The molecule has 0 saturated carbocycles. The molecule has 102 valence electrons. The van der Waals surface area contributed by atoms with Gasteiger partial charge in [0, 0.05) is 18.1 Å². The molecular formula is C14H18N2O2S. The number of hydrogen-bond donors (Lipinski definition) is 1. The van der Waals surface area contributed by atoms with Crippen molar-refractivity contribution in [2.45, 2.75) is 26.3 Å². The van der Waals surface area contributed by atoms with Crippen LogP contribution in [-0.2, 0) is 16.6 Å². The van der Waals surface area contributed by atoms with Gasteiger partial charge in [0.05, 0.1) is 11.3 Å². The highest BCUT2D eigenvalue weighted by Gasteiger charge is 2.10. The minimum Gasteiger partial charge on any atom is -0.256 e. The van der Waals surface area contributed by atoms with Gasteiger partial charge in [-0.05, 0) is 24.1 Å². The van der Waals surface area contributed by atoms with Crippen LogP contribution in [0.25, 0.3) is 10.9 Å². The summed E-state index contributed by atoms with van der Waals surface area (Å²) in [6, 6.07) is 9.58. The lowest BCUT2D eigenvalue weighted by Crippen LogP contribution is -2.26. The zero-order valence-corrected chi connectivity index (χ0v) is 11.8. The number of nitrogens with one attached hydrogen (secondary N) is 1. The van der Waals surface area contributed by atoms with Crippen molar-refractivity contribution in [3.63, 3.8) is 0 Å². The molecule has 0 saturated heterocycles. The van der Waals surface area contributed by atoms with E-state index in [0.717, 1.165) is 22.9 Å². The van der Waals surface area contributed by atoms with E-state index in [1.54, 1.807) is 6.20 Å². The Bertz CT molecular complexity index is 648. The van der Waals surface area contributed by atoms with Gasteiger partial charge in [0.2, 0.25) is 10.0 Å². The highest BCUT2D eigenvalue weighted by Crippen LogP contribution is 2.16. The van der Waals surface area contributed by atoms with Crippen LogP contribution in [0.1, 0.15) is 25.3 Å². The minimum atomic E-state index is -3.18. The Kier molecular flexibility index (Phi) is 4.50. The van der Waals surface area contributed by atoms with Crippen molar-refractivity contribution in [3.8, 4) is 0 Å². The molecule has 1 aromatic heterocycles. The maximum absolute atomic E-state index is 11.8. The lowest BCUT2D eigenvalue weighted by atomic mass is 10.1. The molecule has 0 amide bonds. The topological polar surface area (TPSA) is 59.1 Å². The van der Waals surface area contributed by atoms with E-state index in [1.165, 1.54) is 0 Å². The SMILES string of the molecule is CCCCS(=O)(=O)NCc1ccnc2ccccc12. The number of para-hydroxylation sites is 1. The number of rotatable bonds is 6. The predicted octanol–water partition coefficient (Wildman–Crippen LogP) is 2.45. The highest BCUT2D eigenvalue weighted by atomic mass is 32.2. The summed E-state index contributed by atoms with van der Waals surface area (Å²) in [5.41, 5.74) is 1.83. The maximum atomic E-state index is 11.8. The zero-order valence-electron chi connectivity index (χ0n) is 11.0. The van der Waals surface area contributed by atoms with E-state index in [9.17, 15) is 8.42 Å². The molecule has 0 bridgehead atoms. The Morgan fingerprint density at radius 3 is 2.79 bits per heavy atom.